The van der Waals surface area contributed by atoms with Crippen molar-refractivity contribution >= 4 is 218 Å². The van der Waals surface area contributed by atoms with E-state index in [1.165, 1.54) is 65.3 Å². The lowest BCUT2D eigenvalue weighted by molar-refractivity contribution is 0.669. The SMILES string of the molecule is c1ccc(-c2nc(-n3c4cc5c(cc4c4cc6c7ccccc7n(-c7ccccc7)c6cc43)oc3ccccc35)nc3ccccc23)cc1.c1ccc(-c2nc(-n3c4ccccc4c4cc5c6cc7oc8ccccc8c7cc6n(-c6ccccc6)c5cc43)nc3ccccc23)cc1.c1ccc(-n2c3ccccc3c3cc4c5ccc6oc7ccccc7c6c5n(-c5ccccc5)c4cc32)cc1. The third-order valence-electron chi connectivity index (χ3n) is 27.9. The molecule has 0 fully saturated rings. The second-order valence-electron chi connectivity index (χ2n) is 35.4. The average Bonchev–Trinajstić information content (AvgIpc) is 1.55. The predicted molar refractivity (Wildman–Crippen MR) is 564 cm³/mol. The van der Waals surface area contributed by atoms with E-state index >= 15 is 0 Å². The number of benzene rings is 20. The predicted octanol–water partition coefficient (Wildman–Crippen LogP) is 32.6. The summed E-state index contributed by atoms with van der Waals surface area (Å²) in [4.78, 5) is 21.1. The smallest absolute Gasteiger partial charge is 0.235 e. The molecule has 13 heteroatoms. The Labute approximate surface area is 779 Å². The topological polar surface area (TPSA) is 121 Å². The van der Waals surface area contributed by atoms with Crippen LogP contribution in [0.2, 0.25) is 0 Å². The van der Waals surface area contributed by atoms with Crippen LogP contribution >= 0.6 is 0 Å². The van der Waals surface area contributed by atoms with Crippen molar-refractivity contribution in [3.63, 3.8) is 0 Å². The summed E-state index contributed by atoms with van der Waals surface area (Å²) in [6.07, 6.45) is 0. The zero-order valence-corrected chi connectivity index (χ0v) is 73.4. The molecule has 0 aliphatic rings. The minimum absolute atomic E-state index is 0.631. The van der Waals surface area contributed by atoms with E-state index in [4.69, 9.17) is 33.2 Å². The van der Waals surface area contributed by atoms with Gasteiger partial charge in [-0.25, -0.2) is 19.9 Å². The van der Waals surface area contributed by atoms with Gasteiger partial charge in [-0.2, -0.15) is 0 Å². The van der Waals surface area contributed by atoms with Gasteiger partial charge in [0.25, 0.3) is 0 Å². The maximum Gasteiger partial charge on any atom is 0.235 e. The Hall–Kier alpha value is -18.7. The highest BCUT2D eigenvalue weighted by Crippen LogP contribution is 2.49. The average molecular weight is 1750 g/mol. The molecule has 0 aliphatic heterocycles. The monoisotopic (exact) mass is 1750 g/mol. The number of hydrogen-bond acceptors (Lipinski definition) is 7. The second kappa shape index (κ2) is 29.9. The molecule has 0 atom stereocenters. The van der Waals surface area contributed by atoms with Crippen molar-refractivity contribution in [2.24, 2.45) is 0 Å². The molecule has 0 bridgehead atoms. The first kappa shape index (κ1) is 76.0. The van der Waals surface area contributed by atoms with E-state index in [1.54, 1.807) is 0 Å². The highest BCUT2D eigenvalue weighted by Gasteiger charge is 2.29. The molecule has 0 radical (unpaired) electrons. The molecule has 20 aromatic carbocycles. The lowest BCUT2D eigenvalue weighted by Gasteiger charge is -2.12. The van der Waals surface area contributed by atoms with Gasteiger partial charge in [-0.05, 0) is 170 Å². The summed E-state index contributed by atoms with van der Waals surface area (Å²) in [6.45, 7) is 0. The van der Waals surface area contributed by atoms with Crippen molar-refractivity contribution in [1.82, 2.24) is 47.3 Å². The van der Waals surface area contributed by atoms with Crippen molar-refractivity contribution in [2.45, 2.75) is 0 Å². The number of fused-ring (bicyclic) bond motifs is 30. The van der Waals surface area contributed by atoms with Crippen LogP contribution in [0.3, 0.4) is 0 Å². The second-order valence-corrected chi connectivity index (χ2v) is 35.4. The number of hydrogen-bond donors (Lipinski definition) is 0. The van der Waals surface area contributed by atoms with Gasteiger partial charge in [-0.3, -0.25) is 9.13 Å². The minimum Gasteiger partial charge on any atom is -0.456 e. The van der Waals surface area contributed by atoms with Gasteiger partial charge in [0, 0.05) is 136 Å². The van der Waals surface area contributed by atoms with Crippen molar-refractivity contribution in [2.75, 3.05) is 0 Å². The van der Waals surface area contributed by atoms with E-state index in [0.29, 0.717) is 11.9 Å². The fraction of sp³-hybridized carbons (Fsp3) is 0. The minimum atomic E-state index is 0.631. The summed E-state index contributed by atoms with van der Waals surface area (Å²) < 4.78 is 33.2. The van der Waals surface area contributed by atoms with Crippen molar-refractivity contribution in [3.8, 4) is 57.2 Å². The van der Waals surface area contributed by atoms with E-state index in [-0.39, 0.29) is 0 Å². The highest BCUT2D eigenvalue weighted by atomic mass is 16.3. The number of nitrogens with zero attached hydrogens (tertiary/aromatic N) is 10. The van der Waals surface area contributed by atoms with Gasteiger partial charge < -0.3 is 31.5 Å². The van der Waals surface area contributed by atoms with Crippen LogP contribution in [0.1, 0.15) is 0 Å². The van der Waals surface area contributed by atoms with Gasteiger partial charge in [0.2, 0.25) is 11.9 Å². The number of para-hydroxylation sites is 12. The Kier molecular flexibility index (Phi) is 16.6. The van der Waals surface area contributed by atoms with Gasteiger partial charge in [-0.1, -0.05) is 279 Å². The van der Waals surface area contributed by atoms with Crippen LogP contribution in [0.25, 0.3) is 276 Å². The molecule has 0 saturated heterocycles. The van der Waals surface area contributed by atoms with Gasteiger partial charge in [0.1, 0.15) is 33.5 Å². The maximum atomic E-state index is 6.43. The molecule has 0 spiro atoms. The first-order valence-corrected chi connectivity index (χ1v) is 46.3. The van der Waals surface area contributed by atoms with Crippen LogP contribution in [0.4, 0.5) is 0 Å². The first-order valence-electron chi connectivity index (χ1n) is 46.3. The molecule has 0 amide bonds. The summed E-state index contributed by atoms with van der Waals surface area (Å²) >= 11 is 0. The highest BCUT2D eigenvalue weighted by molar-refractivity contribution is 6.29. The largest absolute Gasteiger partial charge is 0.456 e. The van der Waals surface area contributed by atoms with Gasteiger partial charge in [0.15, 0.2) is 0 Å². The van der Waals surface area contributed by atoms with Crippen LogP contribution < -0.4 is 0 Å². The number of rotatable bonds is 8. The molecule has 31 aromatic rings. The summed E-state index contributed by atoms with van der Waals surface area (Å²) in [5.74, 6) is 1.28. The van der Waals surface area contributed by atoms with Crippen LogP contribution in [-0.4, -0.2) is 47.3 Å². The Bertz CT molecular complexity index is 10400. The fourth-order valence-electron chi connectivity index (χ4n) is 22.0. The Morgan fingerprint density at radius 2 is 0.438 bits per heavy atom. The molecule has 13 nitrogen and oxygen atoms in total. The normalized spacial score (nSPS) is 12.1. The van der Waals surface area contributed by atoms with Gasteiger partial charge in [-0.15, -0.1) is 0 Å². The molecule has 137 heavy (non-hydrogen) atoms. The first-order chi connectivity index (χ1) is 68.0. The molecule has 0 unspecified atom stereocenters. The summed E-state index contributed by atoms with van der Waals surface area (Å²) in [5, 5.41) is 23.0. The molecule has 11 aromatic heterocycles. The van der Waals surface area contributed by atoms with E-state index in [2.05, 4.69) is 422 Å². The third-order valence-corrected chi connectivity index (χ3v) is 27.9. The lowest BCUT2D eigenvalue weighted by atomic mass is 10.1. The Morgan fingerprint density at radius 1 is 0.153 bits per heavy atom. The maximum absolute atomic E-state index is 6.43. The number of furan rings is 3. The molecule has 0 aliphatic carbocycles. The molecule has 11 heterocycles. The standard InChI is InChI=1S/2C44H26N4O.C36H22N2O/c1-3-13-27(14-4-1)43-31-19-7-10-20-36(31)45-44(46-43)48-37-21-11-8-17-29(37)32-23-33-34-25-42-35(30-18-9-12-22-41(30)49-42)24-38(34)47(39(33)26-40(32)48)28-15-5-2-6-16-28;1-3-13-27(14-4-1)43-31-19-7-10-20-36(31)45-44(46-43)48-38-24-35-30-18-9-12-22-41(30)49-42(35)25-34(38)33-23-32-29-17-8-11-21-37(29)47(39(32)26-40(33)48)28-15-5-2-6-16-28;1-3-11-23(12-4-1)37-30-17-9-7-15-25(30)28-21-29-26-19-20-34-35(27-16-8-10-18-33(27)39-34)36(26)38(32(29)22-31(28)37)24-13-5-2-6-14-24/h2*1-26H;1-22H. The molecule has 638 valence electrons. The molecular formula is C124H74N10O3. The van der Waals surface area contributed by atoms with Crippen molar-refractivity contribution in [1.29, 1.82) is 0 Å². The van der Waals surface area contributed by atoms with Crippen molar-refractivity contribution < 1.29 is 13.3 Å². The summed E-state index contributed by atoms with van der Waals surface area (Å²) in [6, 6.07) is 158. The Morgan fingerprint density at radius 3 is 0.876 bits per heavy atom. The van der Waals surface area contributed by atoms with Crippen LogP contribution in [0.15, 0.2) is 462 Å². The Balaban J connectivity index is 0.000000100. The molecule has 0 N–H and O–H groups in total. The van der Waals surface area contributed by atoms with E-state index < -0.39 is 0 Å². The molecule has 31 rings (SSSR count). The van der Waals surface area contributed by atoms with Gasteiger partial charge in [0.05, 0.1) is 94.0 Å². The van der Waals surface area contributed by atoms with E-state index in [9.17, 15) is 0 Å². The van der Waals surface area contributed by atoms with Crippen molar-refractivity contribution in [3.05, 3.63) is 449 Å². The molecule has 0 saturated carbocycles. The molecular weight excluding hydrogens is 1680 g/mol. The summed E-state index contributed by atoms with van der Waals surface area (Å²) in [5.41, 5.74) is 29.1. The third kappa shape index (κ3) is 11.6. The lowest BCUT2D eigenvalue weighted by Crippen LogP contribution is -2.03. The van der Waals surface area contributed by atoms with E-state index in [1.807, 2.05) is 54.6 Å². The van der Waals surface area contributed by atoms with Crippen LogP contribution in [0.5, 0.6) is 0 Å². The van der Waals surface area contributed by atoms with Crippen LogP contribution in [-0.2, 0) is 0 Å². The summed E-state index contributed by atoms with van der Waals surface area (Å²) in [7, 11) is 0. The number of aromatic nitrogens is 10. The van der Waals surface area contributed by atoms with Crippen LogP contribution in [0, 0.1) is 0 Å². The fourth-order valence-corrected chi connectivity index (χ4v) is 22.0. The quantitative estimate of drug-likeness (QED) is 0.149. The zero-order valence-electron chi connectivity index (χ0n) is 73.4. The van der Waals surface area contributed by atoms with Gasteiger partial charge >= 0.3 is 0 Å². The van der Waals surface area contributed by atoms with E-state index in [0.717, 1.165) is 198 Å². The zero-order chi connectivity index (χ0) is 89.6.